The quantitative estimate of drug-likeness (QED) is 0.0508. The average molecular weight is 711 g/mol. The Morgan fingerprint density at radius 2 is 0.481 bits per heavy atom. The zero-order valence-electron chi connectivity index (χ0n) is 28.3. The molecule has 0 aromatic heterocycles. The predicted octanol–water partition coefficient (Wildman–Crippen LogP) is 10.6. The molecule has 0 saturated carbocycles. The van der Waals surface area contributed by atoms with Crippen LogP contribution in [-0.4, -0.2) is 40.9 Å². The van der Waals surface area contributed by atoms with E-state index in [1.807, 2.05) is 109 Å². The first-order valence-electron chi connectivity index (χ1n) is 17.1. The molecule has 0 aliphatic carbocycles. The van der Waals surface area contributed by atoms with Crippen molar-refractivity contribution in [1.82, 2.24) is 0 Å². The van der Waals surface area contributed by atoms with Crippen molar-refractivity contribution in [3.05, 3.63) is 133 Å². The van der Waals surface area contributed by atoms with E-state index >= 15 is 0 Å². The van der Waals surface area contributed by atoms with Crippen LogP contribution in [0.2, 0.25) is 0 Å². The van der Waals surface area contributed by atoms with E-state index in [9.17, 15) is 40.9 Å². The molecule has 0 saturated heterocycles. The molecule has 9 rings (SSSR count). The molecule has 0 atom stereocenters. The highest BCUT2D eigenvalue weighted by atomic mass is 16.4. The minimum atomic E-state index is -1.02. The summed E-state index contributed by atoms with van der Waals surface area (Å²) in [5.41, 5.74) is 4.70. The van der Waals surface area contributed by atoms with E-state index in [0.717, 1.165) is 43.8 Å². The lowest BCUT2D eigenvalue weighted by molar-refractivity contribution is 0.350. The third-order valence-electron chi connectivity index (χ3n) is 10.3. The van der Waals surface area contributed by atoms with Gasteiger partial charge >= 0.3 is 0 Å². The molecule has 9 aromatic carbocycles. The highest BCUT2D eigenvalue weighted by Gasteiger charge is 2.32. The third-order valence-corrected chi connectivity index (χ3v) is 10.3. The van der Waals surface area contributed by atoms with Crippen LogP contribution in [0.3, 0.4) is 0 Å². The third kappa shape index (κ3) is 4.78. The zero-order valence-corrected chi connectivity index (χ0v) is 28.3. The first-order valence-corrected chi connectivity index (χ1v) is 17.1. The normalized spacial score (nSPS) is 11.6. The molecule has 0 aliphatic heterocycles. The lowest BCUT2D eigenvalue weighted by atomic mass is 9.83. The molecule has 0 spiro atoms. The van der Waals surface area contributed by atoms with E-state index in [-0.39, 0.29) is 32.7 Å². The number of phenols is 8. The van der Waals surface area contributed by atoms with Crippen molar-refractivity contribution >= 4 is 43.1 Å². The van der Waals surface area contributed by atoms with Crippen molar-refractivity contribution in [2.24, 2.45) is 0 Å². The van der Waals surface area contributed by atoms with Gasteiger partial charge in [0.25, 0.3) is 0 Å². The number of phenolic OH excluding ortho intramolecular Hbond substituents is 8. The minimum absolute atomic E-state index is 0.00252. The second-order valence-corrected chi connectivity index (χ2v) is 13.3. The maximum Gasteiger partial charge on any atom is 0.204 e. The fraction of sp³-hybridized carbons (Fsp3) is 0. The monoisotopic (exact) mass is 710 g/mol. The Hall–Kier alpha value is -7.58. The van der Waals surface area contributed by atoms with E-state index in [2.05, 4.69) is 0 Å². The first-order chi connectivity index (χ1) is 26.1. The second kappa shape index (κ2) is 12.0. The van der Waals surface area contributed by atoms with Crippen LogP contribution >= 0.6 is 0 Å². The van der Waals surface area contributed by atoms with Crippen LogP contribution in [0.1, 0.15) is 0 Å². The van der Waals surface area contributed by atoms with E-state index in [1.54, 1.807) is 24.3 Å². The molecule has 8 nitrogen and oxygen atoms in total. The first kappa shape index (κ1) is 32.3. The number of aromatic hydroxyl groups is 8. The van der Waals surface area contributed by atoms with Gasteiger partial charge in [0.15, 0.2) is 23.0 Å². The summed E-state index contributed by atoms with van der Waals surface area (Å²) in [7, 11) is 0. The maximum atomic E-state index is 11.6. The lowest BCUT2D eigenvalue weighted by Gasteiger charge is -2.23. The Balaban J connectivity index is 1.38. The number of rotatable bonds is 4. The van der Waals surface area contributed by atoms with Gasteiger partial charge < -0.3 is 40.9 Å². The van der Waals surface area contributed by atoms with Gasteiger partial charge in [0.2, 0.25) is 23.0 Å². The van der Waals surface area contributed by atoms with Gasteiger partial charge in [0.05, 0.1) is 0 Å². The summed E-state index contributed by atoms with van der Waals surface area (Å²) in [5, 5.41) is 92.7. The number of fused-ring (bicyclic) bond motifs is 4. The molecule has 0 heterocycles. The van der Waals surface area contributed by atoms with E-state index < -0.39 is 46.0 Å². The fourth-order valence-electron chi connectivity index (χ4n) is 7.62. The fourth-order valence-corrected chi connectivity index (χ4v) is 7.62. The van der Waals surface area contributed by atoms with Gasteiger partial charge in [-0.1, -0.05) is 109 Å². The summed E-state index contributed by atoms with van der Waals surface area (Å²) in [5.74, 6) is -7.35. The van der Waals surface area contributed by atoms with Gasteiger partial charge in [-0.2, -0.15) is 0 Å². The van der Waals surface area contributed by atoms with E-state index in [4.69, 9.17) is 0 Å². The molecule has 262 valence electrons. The summed E-state index contributed by atoms with van der Waals surface area (Å²) in [4.78, 5) is 0. The van der Waals surface area contributed by atoms with Gasteiger partial charge in [-0.25, -0.2) is 0 Å². The van der Waals surface area contributed by atoms with Crippen molar-refractivity contribution in [2.75, 3.05) is 0 Å². The molecule has 0 unspecified atom stereocenters. The highest BCUT2D eigenvalue weighted by Crippen LogP contribution is 2.62. The van der Waals surface area contributed by atoms with Gasteiger partial charge in [0, 0.05) is 32.7 Å². The summed E-state index contributed by atoms with van der Waals surface area (Å²) >= 11 is 0. The summed E-state index contributed by atoms with van der Waals surface area (Å²) in [6.07, 6.45) is 0. The lowest BCUT2D eigenvalue weighted by Crippen LogP contribution is -1.95. The number of benzene rings is 9. The average Bonchev–Trinajstić information content (AvgIpc) is 3.22. The zero-order chi connectivity index (χ0) is 37.4. The van der Waals surface area contributed by atoms with E-state index in [0.29, 0.717) is 11.1 Å². The summed E-state index contributed by atoms with van der Waals surface area (Å²) in [6.45, 7) is 0. The van der Waals surface area contributed by atoms with Crippen LogP contribution in [0.5, 0.6) is 46.0 Å². The second-order valence-electron chi connectivity index (χ2n) is 13.3. The maximum absolute atomic E-state index is 11.6. The number of hydrogen-bond donors (Lipinski definition) is 8. The Kier molecular flexibility index (Phi) is 7.19. The predicted molar refractivity (Wildman–Crippen MR) is 212 cm³/mol. The van der Waals surface area contributed by atoms with Crippen LogP contribution in [0, 0.1) is 0 Å². The van der Waals surface area contributed by atoms with Crippen LogP contribution < -0.4 is 0 Å². The molecule has 54 heavy (non-hydrogen) atoms. The smallest absolute Gasteiger partial charge is 0.204 e. The molecular weight excluding hydrogens is 680 g/mol. The topological polar surface area (TPSA) is 162 Å². The number of hydrogen-bond acceptors (Lipinski definition) is 8. The van der Waals surface area contributed by atoms with Crippen LogP contribution in [0.25, 0.3) is 87.6 Å². The molecule has 9 aromatic rings. The van der Waals surface area contributed by atoms with Crippen molar-refractivity contribution in [3.8, 4) is 90.5 Å². The van der Waals surface area contributed by atoms with Crippen molar-refractivity contribution in [3.63, 3.8) is 0 Å². The van der Waals surface area contributed by atoms with Crippen LogP contribution in [0.15, 0.2) is 133 Å². The molecule has 0 aliphatic rings. The molecule has 8 N–H and O–H groups in total. The molecule has 0 bridgehead atoms. The molecule has 8 heteroatoms. The van der Waals surface area contributed by atoms with Crippen molar-refractivity contribution in [2.45, 2.75) is 0 Å². The Bertz CT molecular complexity index is 2730. The van der Waals surface area contributed by atoms with Crippen molar-refractivity contribution in [1.29, 1.82) is 0 Å². The minimum Gasteiger partial charge on any atom is -0.504 e. The Morgan fingerprint density at radius 3 is 0.778 bits per heavy atom. The van der Waals surface area contributed by atoms with Crippen molar-refractivity contribution < 1.29 is 40.9 Å². The molecule has 0 radical (unpaired) electrons. The van der Waals surface area contributed by atoms with Crippen LogP contribution in [0.4, 0.5) is 0 Å². The Labute approximate surface area is 307 Å². The van der Waals surface area contributed by atoms with Gasteiger partial charge in [-0.3, -0.25) is 0 Å². The standard InChI is InChI=1S/C46H30O8/c47-39-35-33(31-17-15-27-19-25(11-13-29(27)21-31)23-7-3-1-4-8-23)36-38(42(50)46(54)44(52)40(36)48)34(37(35)41(49)45(53)43(39)51)32-18-16-28-20-26(12-14-30(28)22-32)24-9-5-2-6-10-24/h1-22,47-54H. The summed E-state index contributed by atoms with van der Waals surface area (Å²) in [6, 6.07) is 42.0. The molecular formula is C46H30O8. The molecule has 0 amide bonds. The summed E-state index contributed by atoms with van der Waals surface area (Å²) < 4.78 is 0. The van der Waals surface area contributed by atoms with Crippen LogP contribution in [-0.2, 0) is 0 Å². The van der Waals surface area contributed by atoms with Gasteiger partial charge in [-0.15, -0.1) is 0 Å². The largest absolute Gasteiger partial charge is 0.504 e. The Morgan fingerprint density at radius 1 is 0.222 bits per heavy atom. The molecule has 0 fully saturated rings. The van der Waals surface area contributed by atoms with E-state index in [1.165, 1.54) is 0 Å². The SMILES string of the molecule is Oc1c(O)c(O)c2c(-c3ccc4cc(-c5ccccc5)ccc4c3)c3c(O)c(O)c(O)c(O)c3c(-c3ccc4cc(-c5ccccc5)ccc4c3)c2c1O. The van der Waals surface area contributed by atoms with Gasteiger partial charge in [-0.05, 0) is 79.2 Å². The highest BCUT2D eigenvalue weighted by molar-refractivity contribution is 6.29. The van der Waals surface area contributed by atoms with Gasteiger partial charge in [0.1, 0.15) is 0 Å².